The summed E-state index contributed by atoms with van der Waals surface area (Å²) in [6.45, 7) is 8.78. The molecule has 1 saturated carbocycles. The van der Waals surface area contributed by atoms with E-state index in [0.29, 0.717) is 26.0 Å². The zero-order valence-electron chi connectivity index (χ0n) is 18.3. The molecule has 0 saturated heterocycles. The zero-order valence-corrected chi connectivity index (χ0v) is 18.3. The van der Waals surface area contributed by atoms with Gasteiger partial charge in [-0.2, -0.15) is 5.10 Å². The Bertz CT molecular complexity index is 935. The Morgan fingerprint density at radius 1 is 1.17 bits per heavy atom. The van der Waals surface area contributed by atoms with E-state index in [9.17, 15) is 9.59 Å². The lowest BCUT2D eigenvalue weighted by molar-refractivity contribution is -0.152. The molecule has 30 heavy (non-hydrogen) atoms. The maximum Gasteiger partial charge on any atom is 0.331 e. The van der Waals surface area contributed by atoms with Gasteiger partial charge in [0.1, 0.15) is 5.54 Å². The molecule has 0 aliphatic heterocycles. The van der Waals surface area contributed by atoms with Crippen molar-refractivity contribution in [1.29, 1.82) is 0 Å². The van der Waals surface area contributed by atoms with Crippen molar-refractivity contribution >= 4 is 18.0 Å². The van der Waals surface area contributed by atoms with Crippen LogP contribution in [0.5, 0.6) is 0 Å². The molecule has 1 aromatic heterocycles. The number of ether oxygens (including phenoxy) is 1. The van der Waals surface area contributed by atoms with Crippen LogP contribution >= 0.6 is 0 Å². The van der Waals surface area contributed by atoms with Gasteiger partial charge in [0, 0.05) is 17.3 Å². The maximum atomic E-state index is 12.6. The van der Waals surface area contributed by atoms with Crippen molar-refractivity contribution in [3.63, 3.8) is 0 Å². The van der Waals surface area contributed by atoms with Gasteiger partial charge in [0.05, 0.1) is 18.8 Å². The van der Waals surface area contributed by atoms with E-state index in [4.69, 9.17) is 4.74 Å². The first-order valence-electron chi connectivity index (χ1n) is 10.6. The molecule has 6 nitrogen and oxygen atoms in total. The van der Waals surface area contributed by atoms with Crippen LogP contribution < -0.4 is 5.32 Å². The van der Waals surface area contributed by atoms with E-state index in [2.05, 4.69) is 41.6 Å². The molecule has 2 aromatic rings. The Balaban J connectivity index is 1.72. The van der Waals surface area contributed by atoms with Gasteiger partial charge in [0.2, 0.25) is 5.91 Å². The number of amides is 1. The van der Waals surface area contributed by atoms with Crippen molar-refractivity contribution in [2.75, 3.05) is 6.61 Å². The van der Waals surface area contributed by atoms with Gasteiger partial charge in [-0.15, -0.1) is 0 Å². The Kier molecular flexibility index (Phi) is 6.75. The molecule has 1 aromatic carbocycles. The number of carbonyl (C=O) groups is 2. The first-order valence-corrected chi connectivity index (χ1v) is 10.6. The molecule has 3 rings (SSSR count). The van der Waals surface area contributed by atoms with Crippen LogP contribution in [0.15, 0.2) is 30.3 Å². The highest BCUT2D eigenvalue weighted by Gasteiger charge is 2.43. The molecule has 0 unspecified atom stereocenters. The number of aryl methyl sites for hydroxylation is 2. The molecular weight excluding hydrogens is 378 g/mol. The summed E-state index contributed by atoms with van der Waals surface area (Å²) in [6.07, 6.45) is 6.34. The second kappa shape index (κ2) is 9.28. The average Bonchev–Trinajstić information content (AvgIpc) is 3.28. The van der Waals surface area contributed by atoms with Gasteiger partial charge in [-0.05, 0) is 52.2 Å². The third-order valence-corrected chi connectivity index (χ3v) is 5.78. The van der Waals surface area contributed by atoms with Gasteiger partial charge in [0.15, 0.2) is 0 Å². The largest absolute Gasteiger partial charge is 0.464 e. The summed E-state index contributed by atoms with van der Waals surface area (Å²) in [5.74, 6) is -0.613. The number of nitrogens with one attached hydrogen (secondary N) is 1. The quantitative estimate of drug-likeness (QED) is 0.557. The molecule has 6 heteroatoms. The van der Waals surface area contributed by atoms with Crippen molar-refractivity contribution in [3.05, 3.63) is 58.4 Å². The molecule has 0 bridgehead atoms. The Labute approximate surface area is 178 Å². The van der Waals surface area contributed by atoms with Crippen LogP contribution in [0, 0.1) is 20.8 Å². The SMILES string of the molecule is CCOC(=O)C1(NC(=O)C=Cc2c(C)nn(Cc3ccc(C)cc3)c2C)CCCC1. The van der Waals surface area contributed by atoms with Gasteiger partial charge in [0.25, 0.3) is 0 Å². The molecule has 1 aliphatic carbocycles. The standard InChI is InChI=1S/C24H31N3O3/c1-5-30-23(29)24(14-6-7-15-24)25-22(28)13-12-21-18(3)26-27(19(21)4)16-20-10-8-17(2)9-11-20/h8-13H,5-7,14-16H2,1-4H3,(H,25,28). The van der Waals surface area contributed by atoms with Crippen LogP contribution in [-0.2, 0) is 20.9 Å². The Hall–Kier alpha value is -2.89. The predicted molar refractivity (Wildman–Crippen MR) is 117 cm³/mol. The highest BCUT2D eigenvalue weighted by Crippen LogP contribution is 2.31. The third kappa shape index (κ3) is 4.81. The van der Waals surface area contributed by atoms with Crippen molar-refractivity contribution in [3.8, 4) is 0 Å². The molecule has 1 N–H and O–H groups in total. The maximum absolute atomic E-state index is 12.6. The summed E-state index contributed by atoms with van der Waals surface area (Å²) >= 11 is 0. The van der Waals surface area contributed by atoms with Crippen LogP contribution in [0.25, 0.3) is 6.08 Å². The van der Waals surface area contributed by atoms with Gasteiger partial charge in [-0.1, -0.05) is 42.7 Å². The van der Waals surface area contributed by atoms with Crippen LogP contribution in [0.4, 0.5) is 0 Å². The summed E-state index contributed by atoms with van der Waals surface area (Å²) in [7, 11) is 0. The first-order chi connectivity index (χ1) is 14.3. The van der Waals surface area contributed by atoms with Crippen molar-refractivity contribution in [2.24, 2.45) is 0 Å². The second-order valence-corrected chi connectivity index (χ2v) is 8.06. The van der Waals surface area contributed by atoms with Gasteiger partial charge in [-0.25, -0.2) is 4.79 Å². The summed E-state index contributed by atoms with van der Waals surface area (Å²) in [5, 5.41) is 7.55. The number of benzene rings is 1. The molecule has 0 radical (unpaired) electrons. The zero-order chi connectivity index (χ0) is 21.7. The lowest BCUT2D eigenvalue weighted by Gasteiger charge is -2.27. The van der Waals surface area contributed by atoms with E-state index in [0.717, 1.165) is 29.8 Å². The van der Waals surface area contributed by atoms with E-state index in [1.165, 1.54) is 17.2 Å². The fraction of sp³-hybridized carbons (Fsp3) is 0.458. The Morgan fingerprint density at radius 3 is 2.47 bits per heavy atom. The van der Waals surface area contributed by atoms with Gasteiger partial charge >= 0.3 is 5.97 Å². The number of carbonyl (C=O) groups excluding carboxylic acids is 2. The van der Waals surface area contributed by atoms with Gasteiger partial charge in [-0.3, -0.25) is 9.48 Å². The molecule has 160 valence electrons. The van der Waals surface area contributed by atoms with E-state index in [-0.39, 0.29) is 11.9 Å². The minimum Gasteiger partial charge on any atom is -0.464 e. The van der Waals surface area contributed by atoms with E-state index in [1.807, 2.05) is 18.5 Å². The van der Waals surface area contributed by atoms with Crippen molar-refractivity contribution in [1.82, 2.24) is 15.1 Å². The highest BCUT2D eigenvalue weighted by atomic mass is 16.5. The molecule has 1 amide bonds. The summed E-state index contributed by atoms with van der Waals surface area (Å²) in [6, 6.07) is 8.39. The predicted octanol–water partition coefficient (Wildman–Crippen LogP) is 3.86. The molecule has 1 aliphatic rings. The number of hydrogen-bond acceptors (Lipinski definition) is 4. The molecule has 0 atom stereocenters. The molecular formula is C24H31N3O3. The summed E-state index contributed by atoms with van der Waals surface area (Å²) in [5.41, 5.74) is 4.30. The number of rotatable bonds is 7. The van der Waals surface area contributed by atoms with E-state index < -0.39 is 5.54 Å². The fourth-order valence-electron chi connectivity index (χ4n) is 4.04. The number of aromatic nitrogens is 2. The van der Waals surface area contributed by atoms with E-state index in [1.54, 1.807) is 13.0 Å². The summed E-state index contributed by atoms with van der Waals surface area (Å²) < 4.78 is 7.16. The minimum atomic E-state index is -0.892. The number of nitrogens with zero attached hydrogens (tertiary/aromatic N) is 2. The van der Waals surface area contributed by atoms with Crippen molar-refractivity contribution < 1.29 is 14.3 Å². The number of esters is 1. The number of hydrogen-bond donors (Lipinski definition) is 1. The molecule has 1 heterocycles. The average molecular weight is 410 g/mol. The fourth-order valence-corrected chi connectivity index (χ4v) is 4.04. The monoisotopic (exact) mass is 409 g/mol. The van der Waals surface area contributed by atoms with Crippen LogP contribution in [-0.4, -0.2) is 33.8 Å². The summed E-state index contributed by atoms with van der Waals surface area (Å²) in [4.78, 5) is 25.0. The highest BCUT2D eigenvalue weighted by molar-refractivity contribution is 5.96. The smallest absolute Gasteiger partial charge is 0.331 e. The van der Waals surface area contributed by atoms with Crippen LogP contribution in [0.3, 0.4) is 0 Å². The third-order valence-electron chi connectivity index (χ3n) is 5.78. The second-order valence-electron chi connectivity index (χ2n) is 8.06. The van der Waals surface area contributed by atoms with Crippen molar-refractivity contribution in [2.45, 2.75) is 65.5 Å². The molecule has 0 spiro atoms. The minimum absolute atomic E-state index is 0.282. The first kappa shape index (κ1) is 21.8. The van der Waals surface area contributed by atoms with Crippen LogP contribution in [0.1, 0.15) is 60.7 Å². The van der Waals surface area contributed by atoms with E-state index >= 15 is 0 Å². The lowest BCUT2D eigenvalue weighted by atomic mass is 9.97. The van der Waals surface area contributed by atoms with Gasteiger partial charge < -0.3 is 10.1 Å². The normalized spacial score (nSPS) is 15.5. The Morgan fingerprint density at radius 2 is 1.83 bits per heavy atom. The lowest BCUT2D eigenvalue weighted by Crippen LogP contribution is -2.52. The topological polar surface area (TPSA) is 73.2 Å². The van der Waals surface area contributed by atoms with Crippen LogP contribution in [0.2, 0.25) is 0 Å². The molecule has 1 fully saturated rings.